The highest BCUT2D eigenvalue weighted by Gasteiger charge is 2.12. The zero-order valence-corrected chi connectivity index (χ0v) is 11.5. The lowest BCUT2D eigenvalue weighted by atomic mass is 9.92. The predicted octanol–water partition coefficient (Wildman–Crippen LogP) is 5.09. The van der Waals surface area contributed by atoms with E-state index in [9.17, 15) is 0 Å². The second kappa shape index (κ2) is 6.44. The molecule has 0 heterocycles. The van der Waals surface area contributed by atoms with Crippen molar-refractivity contribution in [3.63, 3.8) is 0 Å². The Bertz CT molecular complexity index is 294. The Labute approximate surface area is 108 Å². The summed E-state index contributed by atoms with van der Waals surface area (Å²) in [6.07, 6.45) is 10.00. The van der Waals surface area contributed by atoms with Crippen LogP contribution < -0.4 is 0 Å². The standard InChI is InChI=1S/C15H21Br/c16-12-15-9-7-14(8-10-15)11-13-5-3-1-2-4-6-13/h7-10,13H,1-6,11-12H2. The van der Waals surface area contributed by atoms with Gasteiger partial charge in [0.1, 0.15) is 0 Å². The molecule has 1 heteroatoms. The van der Waals surface area contributed by atoms with Gasteiger partial charge in [-0.2, -0.15) is 0 Å². The summed E-state index contributed by atoms with van der Waals surface area (Å²) >= 11 is 3.49. The molecular formula is C15H21Br. The summed E-state index contributed by atoms with van der Waals surface area (Å²) in [5.41, 5.74) is 2.90. The molecule has 1 aromatic carbocycles. The normalized spacial score (nSPS) is 18.3. The van der Waals surface area contributed by atoms with Crippen molar-refractivity contribution in [2.24, 2.45) is 5.92 Å². The van der Waals surface area contributed by atoms with Crippen molar-refractivity contribution < 1.29 is 0 Å². The molecule has 0 amide bonds. The summed E-state index contributed by atoms with van der Waals surface area (Å²) in [6, 6.07) is 9.12. The monoisotopic (exact) mass is 280 g/mol. The fourth-order valence-corrected chi connectivity index (χ4v) is 3.04. The molecule has 16 heavy (non-hydrogen) atoms. The van der Waals surface area contributed by atoms with Gasteiger partial charge in [0.05, 0.1) is 0 Å². The van der Waals surface area contributed by atoms with Crippen LogP contribution in [0.5, 0.6) is 0 Å². The molecular weight excluding hydrogens is 260 g/mol. The largest absolute Gasteiger partial charge is 0.0876 e. The van der Waals surface area contributed by atoms with Gasteiger partial charge in [0.2, 0.25) is 0 Å². The molecule has 0 saturated heterocycles. The Hall–Kier alpha value is -0.300. The molecule has 1 fully saturated rings. The second-order valence-corrected chi connectivity index (χ2v) is 5.57. The van der Waals surface area contributed by atoms with Crippen molar-refractivity contribution in [3.05, 3.63) is 35.4 Å². The average Bonchev–Trinajstić information content (AvgIpc) is 2.59. The van der Waals surface area contributed by atoms with Crippen LogP contribution in [0.4, 0.5) is 0 Å². The molecule has 0 nitrogen and oxygen atoms in total. The molecule has 0 aliphatic heterocycles. The van der Waals surface area contributed by atoms with Gasteiger partial charge in [-0.25, -0.2) is 0 Å². The highest BCUT2D eigenvalue weighted by molar-refractivity contribution is 9.08. The van der Waals surface area contributed by atoms with Crippen molar-refractivity contribution in [3.8, 4) is 0 Å². The minimum Gasteiger partial charge on any atom is -0.0876 e. The zero-order valence-electron chi connectivity index (χ0n) is 9.92. The third-order valence-corrected chi connectivity index (χ3v) is 4.32. The molecule has 0 unspecified atom stereocenters. The number of alkyl halides is 1. The molecule has 88 valence electrons. The van der Waals surface area contributed by atoms with E-state index in [1.807, 2.05) is 0 Å². The van der Waals surface area contributed by atoms with Crippen LogP contribution in [0.15, 0.2) is 24.3 Å². The Morgan fingerprint density at radius 3 is 2.00 bits per heavy atom. The molecule has 0 radical (unpaired) electrons. The van der Waals surface area contributed by atoms with Gasteiger partial charge in [-0.05, 0) is 23.5 Å². The highest BCUT2D eigenvalue weighted by Crippen LogP contribution is 2.26. The van der Waals surface area contributed by atoms with Gasteiger partial charge in [-0.15, -0.1) is 0 Å². The van der Waals surface area contributed by atoms with E-state index in [1.165, 1.54) is 56.1 Å². The number of hydrogen-bond donors (Lipinski definition) is 0. The molecule has 1 aliphatic rings. The van der Waals surface area contributed by atoms with Crippen LogP contribution in [-0.4, -0.2) is 0 Å². The third kappa shape index (κ3) is 3.62. The first-order valence-corrected chi connectivity index (χ1v) is 7.64. The van der Waals surface area contributed by atoms with Gasteiger partial charge >= 0.3 is 0 Å². The lowest BCUT2D eigenvalue weighted by Gasteiger charge is -2.13. The Morgan fingerprint density at radius 2 is 1.44 bits per heavy atom. The molecule has 1 saturated carbocycles. The van der Waals surface area contributed by atoms with Crippen molar-refractivity contribution in [1.82, 2.24) is 0 Å². The number of benzene rings is 1. The molecule has 0 spiro atoms. The Kier molecular flexibility index (Phi) is 4.90. The summed E-state index contributed by atoms with van der Waals surface area (Å²) in [5.74, 6) is 0.942. The van der Waals surface area contributed by atoms with Gasteiger partial charge in [0.15, 0.2) is 0 Å². The van der Waals surface area contributed by atoms with Crippen LogP contribution >= 0.6 is 15.9 Å². The molecule has 0 bridgehead atoms. The van der Waals surface area contributed by atoms with E-state index in [-0.39, 0.29) is 0 Å². The first-order valence-electron chi connectivity index (χ1n) is 6.52. The van der Waals surface area contributed by atoms with Gasteiger partial charge in [-0.1, -0.05) is 78.7 Å². The smallest absolute Gasteiger partial charge is 0.0283 e. The minimum absolute atomic E-state index is 0.942. The highest BCUT2D eigenvalue weighted by atomic mass is 79.9. The zero-order chi connectivity index (χ0) is 11.2. The Morgan fingerprint density at radius 1 is 0.875 bits per heavy atom. The van der Waals surface area contributed by atoms with Crippen LogP contribution in [-0.2, 0) is 11.8 Å². The van der Waals surface area contributed by atoms with Gasteiger partial charge < -0.3 is 0 Å². The molecule has 1 aromatic rings. The first kappa shape index (κ1) is 12.2. The van der Waals surface area contributed by atoms with Crippen LogP contribution in [0.2, 0.25) is 0 Å². The molecule has 0 aromatic heterocycles. The second-order valence-electron chi connectivity index (χ2n) is 5.01. The third-order valence-electron chi connectivity index (χ3n) is 3.68. The summed E-state index contributed by atoms with van der Waals surface area (Å²) in [5, 5.41) is 0.969. The average molecular weight is 281 g/mol. The van der Waals surface area contributed by atoms with Crippen molar-refractivity contribution in [2.45, 2.75) is 50.3 Å². The van der Waals surface area contributed by atoms with Crippen LogP contribution in [0.1, 0.15) is 49.7 Å². The first-order chi connectivity index (χ1) is 7.88. The van der Waals surface area contributed by atoms with E-state index in [0.717, 1.165) is 11.2 Å². The van der Waals surface area contributed by atoms with E-state index < -0.39 is 0 Å². The predicted molar refractivity (Wildman–Crippen MR) is 74.0 cm³/mol. The number of rotatable bonds is 3. The van der Waals surface area contributed by atoms with E-state index in [2.05, 4.69) is 40.2 Å². The quantitative estimate of drug-likeness (QED) is 0.534. The molecule has 2 rings (SSSR count). The van der Waals surface area contributed by atoms with E-state index in [4.69, 9.17) is 0 Å². The topological polar surface area (TPSA) is 0 Å². The van der Waals surface area contributed by atoms with Gasteiger partial charge in [-0.3, -0.25) is 0 Å². The van der Waals surface area contributed by atoms with E-state index in [1.54, 1.807) is 0 Å². The SMILES string of the molecule is BrCc1ccc(CC2CCCCCC2)cc1. The molecule has 0 atom stereocenters. The van der Waals surface area contributed by atoms with Crippen LogP contribution in [0.3, 0.4) is 0 Å². The number of hydrogen-bond acceptors (Lipinski definition) is 0. The number of halogens is 1. The Balaban J connectivity index is 1.91. The van der Waals surface area contributed by atoms with Crippen molar-refractivity contribution in [1.29, 1.82) is 0 Å². The summed E-state index contributed by atoms with van der Waals surface area (Å²) in [6.45, 7) is 0. The van der Waals surface area contributed by atoms with Crippen molar-refractivity contribution >= 4 is 15.9 Å². The van der Waals surface area contributed by atoms with Gasteiger partial charge in [0.25, 0.3) is 0 Å². The molecule has 1 aliphatic carbocycles. The summed E-state index contributed by atoms with van der Waals surface area (Å²) < 4.78 is 0. The summed E-state index contributed by atoms with van der Waals surface area (Å²) in [7, 11) is 0. The van der Waals surface area contributed by atoms with Crippen molar-refractivity contribution in [2.75, 3.05) is 0 Å². The summed E-state index contributed by atoms with van der Waals surface area (Å²) in [4.78, 5) is 0. The van der Waals surface area contributed by atoms with Gasteiger partial charge in [0, 0.05) is 5.33 Å². The lowest BCUT2D eigenvalue weighted by molar-refractivity contribution is 0.458. The van der Waals surface area contributed by atoms with Crippen LogP contribution in [0.25, 0.3) is 0 Å². The van der Waals surface area contributed by atoms with E-state index >= 15 is 0 Å². The maximum absolute atomic E-state index is 3.49. The minimum atomic E-state index is 0.942. The fourth-order valence-electron chi connectivity index (χ4n) is 2.67. The lowest BCUT2D eigenvalue weighted by Crippen LogP contribution is -2.03. The maximum atomic E-state index is 3.49. The molecule has 0 N–H and O–H groups in total. The maximum Gasteiger partial charge on any atom is 0.0283 e. The van der Waals surface area contributed by atoms with E-state index in [0.29, 0.717) is 0 Å². The fraction of sp³-hybridized carbons (Fsp3) is 0.600. The van der Waals surface area contributed by atoms with Crippen LogP contribution in [0, 0.1) is 5.92 Å².